The molecule has 0 aliphatic heterocycles. The first-order chi connectivity index (χ1) is 6.00. The highest BCUT2D eigenvalue weighted by atomic mass is 16.4. The van der Waals surface area contributed by atoms with Crippen molar-refractivity contribution in [2.45, 2.75) is 0 Å². The SMILES string of the molecule is Bc1cc(C(=O)O)cc(N(C)C)c1. The summed E-state index contributed by atoms with van der Waals surface area (Å²) >= 11 is 0. The Balaban J connectivity index is 3.19. The van der Waals surface area contributed by atoms with E-state index in [2.05, 4.69) is 0 Å². The van der Waals surface area contributed by atoms with Gasteiger partial charge < -0.3 is 10.0 Å². The third-order valence-corrected chi connectivity index (χ3v) is 1.83. The molecule has 0 aliphatic rings. The number of hydrogen-bond donors (Lipinski definition) is 1. The Hall–Kier alpha value is -1.45. The molecule has 0 heterocycles. The Bertz CT molecular complexity index is 336. The van der Waals surface area contributed by atoms with Crippen molar-refractivity contribution in [2.75, 3.05) is 19.0 Å². The van der Waals surface area contributed by atoms with Crippen LogP contribution in [0.15, 0.2) is 18.2 Å². The molecular formula is C9H12BNO2. The number of anilines is 1. The number of carbonyl (C=O) groups is 1. The van der Waals surface area contributed by atoms with Crippen LogP contribution in [0, 0.1) is 0 Å². The highest BCUT2D eigenvalue weighted by Gasteiger charge is 2.05. The fraction of sp³-hybridized carbons (Fsp3) is 0.222. The van der Waals surface area contributed by atoms with Gasteiger partial charge in [0.15, 0.2) is 0 Å². The Morgan fingerprint density at radius 3 is 2.46 bits per heavy atom. The highest BCUT2D eigenvalue weighted by molar-refractivity contribution is 6.33. The van der Waals surface area contributed by atoms with Crippen molar-refractivity contribution < 1.29 is 9.90 Å². The number of carboxylic acids is 1. The van der Waals surface area contributed by atoms with Gasteiger partial charge in [0.1, 0.15) is 7.85 Å². The smallest absolute Gasteiger partial charge is 0.335 e. The van der Waals surface area contributed by atoms with Gasteiger partial charge in [0.25, 0.3) is 0 Å². The van der Waals surface area contributed by atoms with Crippen molar-refractivity contribution in [1.29, 1.82) is 0 Å². The zero-order chi connectivity index (χ0) is 10.0. The Morgan fingerprint density at radius 1 is 1.38 bits per heavy atom. The minimum Gasteiger partial charge on any atom is -0.478 e. The highest BCUT2D eigenvalue weighted by Crippen LogP contribution is 2.11. The average Bonchev–Trinajstić information content (AvgIpc) is 2.03. The fourth-order valence-electron chi connectivity index (χ4n) is 1.14. The number of aromatic carboxylic acids is 1. The molecule has 0 bridgehead atoms. The Kier molecular flexibility index (Phi) is 2.61. The first kappa shape index (κ1) is 9.64. The van der Waals surface area contributed by atoms with Crippen molar-refractivity contribution in [3.8, 4) is 0 Å². The van der Waals surface area contributed by atoms with Crippen LogP contribution in [0.5, 0.6) is 0 Å². The van der Waals surface area contributed by atoms with E-state index in [1.165, 1.54) is 0 Å². The van der Waals surface area contributed by atoms with E-state index in [-0.39, 0.29) is 0 Å². The van der Waals surface area contributed by atoms with Crippen LogP contribution >= 0.6 is 0 Å². The number of nitrogens with zero attached hydrogens (tertiary/aromatic N) is 1. The molecule has 0 aromatic heterocycles. The summed E-state index contributed by atoms with van der Waals surface area (Å²) in [6.07, 6.45) is 0. The minimum absolute atomic E-state index is 0.337. The third kappa shape index (κ3) is 2.24. The van der Waals surface area contributed by atoms with Crippen LogP contribution < -0.4 is 10.4 Å². The molecule has 0 atom stereocenters. The third-order valence-electron chi connectivity index (χ3n) is 1.83. The van der Waals surface area contributed by atoms with Crippen LogP contribution in [0.2, 0.25) is 0 Å². The number of hydrogen-bond acceptors (Lipinski definition) is 2. The molecule has 4 heteroatoms. The summed E-state index contributed by atoms with van der Waals surface area (Å²) in [5.41, 5.74) is 2.21. The lowest BCUT2D eigenvalue weighted by molar-refractivity contribution is 0.0697. The van der Waals surface area contributed by atoms with Crippen molar-refractivity contribution in [2.24, 2.45) is 0 Å². The van der Waals surface area contributed by atoms with Crippen LogP contribution in [0.4, 0.5) is 5.69 Å². The van der Waals surface area contributed by atoms with Gasteiger partial charge in [0.2, 0.25) is 0 Å². The first-order valence-corrected chi connectivity index (χ1v) is 4.03. The van der Waals surface area contributed by atoms with Gasteiger partial charge in [0, 0.05) is 19.8 Å². The summed E-state index contributed by atoms with van der Waals surface area (Å²) in [5, 5.41) is 8.80. The Morgan fingerprint density at radius 2 is 2.00 bits per heavy atom. The molecule has 1 aromatic carbocycles. The molecule has 0 spiro atoms. The predicted octanol–water partition coefficient (Wildman–Crippen LogP) is -0.291. The topological polar surface area (TPSA) is 40.5 Å². The summed E-state index contributed by atoms with van der Waals surface area (Å²) in [7, 11) is 5.67. The average molecular weight is 177 g/mol. The Labute approximate surface area is 78.4 Å². The van der Waals surface area contributed by atoms with Crippen LogP contribution in [0.3, 0.4) is 0 Å². The van der Waals surface area contributed by atoms with E-state index in [0.29, 0.717) is 5.56 Å². The zero-order valence-electron chi connectivity index (χ0n) is 8.03. The molecule has 0 radical (unpaired) electrons. The van der Waals surface area contributed by atoms with E-state index in [0.717, 1.165) is 11.2 Å². The van der Waals surface area contributed by atoms with Crippen molar-refractivity contribution >= 4 is 25.0 Å². The van der Waals surface area contributed by atoms with Gasteiger partial charge >= 0.3 is 5.97 Å². The van der Waals surface area contributed by atoms with Crippen LogP contribution in [-0.2, 0) is 0 Å². The standard InChI is InChI=1S/C9H12BNO2/c1-11(2)8-4-6(9(12)13)3-7(10)5-8/h3-5H,10H2,1-2H3,(H,12,13). The van der Waals surface area contributed by atoms with E-state index in [9.17, 15) is 4.79 Å². The lowest BCUT2D eigenvalue weighted by Gasteiger charge is -2.13. The fourth-order valence-corrected chi connectivity index (χ4v) is 1.14. The summed E-state index contributed by atoms with van der Waals surface area (Å²) in [6.45, 7) is 0. The first-order valence-electron chi connectivity index (χ1n) is 4.03. The van der Waals surface area contributed by atoms with Crippen LogP contribution in [0.1, 0.15) is 10.4 Å². The molecule has 1 rings (SSSR count). The molecule has 3 nitrogen and oxygen atoms in total. The van der Waals surface area contributed by atoms with Gasteiger partial charge in [-0.15, -0.1) is 0 Å². The molecule has 0 amide bonds. The molecule has 68 valence electrons. The van der Waals surface area contributed by atoms with Gasteiger partial charge in [-0.05, 0) is 12.1 Å². The molecule has 0 fully saturated rings. The normalized spacial score (nSPS) is 9.69. The molecule has 0 saturated heterocycles. The number of benzene rings is 1. The molecule has 0 saturated carbocycles. The number of carboxylic acid groups (broad SMARTS) is 1. The molecule has 0 unspecified atom stereocenters. The van der Waals surface area contributed by atoms with Crippen molar-refractivity contribution in [3.63, 3.8) is 0 Å². The van der Waals surface area contributed by atoms with Crippen molar-refractivity contribution in [1.82, 2.24) is 0 Å². The molecule has 13 heavy (non-hydrogen) atoms. The van der Waals surface area contributed by atoms with Gasteiger partial charge in [-0.25, -0.2) is 4.79 Å². The van der Waals surface area contributed by atoms with Gasteiger partial charge in [-0.1, -0.05) is 11.5 Å². The minimum atomic E-state index is -0.883. The summed E-state index contributed by atoms with van der Waals surface area (Å²) in [5.74, 6) is -0.883. The van der Waals surface area contributed by atoms with E-state index < -0.39 is 5.97 Å². The maximum absolute atomic E-state index is 10.7. The maximum atomic E-state index is 10.7. The lowest BCUT2D eigenvalue weighted by atomic mass is 9.93. The van der Waals surface area contributed by atoms with Crippen LogP contribution in [-0.4, -0.2) is 33.0 Å². The summed E-state index contributed by atoms with van der Waals surface area (Å²) in [6, 6.07) is 5.27. The molecule has 1 N–H and O–H groups in total. The quantitative estimate of drug-likeness (QED) is 0.631. The van der Waals surface area contributed by atoms with Gasteiger partial charge in [-0.2, -0.15) is 0 Å². The van der Waals surface area contributed by atoms with E-state index in [4.69, 9.17) is 5.11 Å². The van der Waals surface area contributed by atoms with Crippen molar-refractivity contribution in [3.05, 3.63) is 23.8 Å². The summed E-state index contributed by atoms with van der Waals surface area (Å²) in [4.78, 5) is 12.6. The van der Waals surface area contributed by atoms with E-state index in [1.807, 2.05) is 32.9 Å². The molecule has 0 aliphatic carbocycles. The van der Waals surface area contributed by atoms with Gasteiger partial charge in [0.05, 0.1) is 5.56 Å². The largest absolute Gasteiger partial charge is 0.478 e. The second-order valence-electron chi connectivity index (χ2n) is 3.26. The van der Waals surface area contributed by atoms with Crippen LogP contribution in [0.25, 0.3) is 0 Å². The summed E-state index contributed by atoms with van der Waals surface area (Å²) < 4.78 is 0. The second-order valence-corrected chi connectivity index (χ2v) is 3.26. The maximum Gasteiger partial charge on any atom is 0.335 e. The second kappa shape index (κ2) is 3.52. The number of rotatable bonds is 2. The zero-order valence-corrected chi connectivity index (χ0v) is 8.03. The lowest BCUT2D eigenvalue weighted by Crippen LogP contribution is -2.15. The van der Waals surface area contributed by atoms with Gasteiger partial charge in [-0.3, -0.25) is 0 Å². The molecular weight excluding hydrogens is 165 g/mol. The molecule has 1 aromatic rings. The monoisotopic (exact) mass is 177 g/mol. The van der Waals surface area contributed by atoms with E-state index >= 15 is 0 Å². The predicted molar refractivity (Wildman–Crippen MR) is 55.9 cm³/mol. The van der Waals surface area contributed by atoms with E-state index in [1.54, 1.807) is 12.1 Å².